The van der Waals surface area contributed by atoms with Crippen molar-refractivity contribution in [2.45, 2.75) is 38.0 Å². The normalized spacial score (nSPS) is 13.2. The second-order valence-electron chi connectivity index (χ2n) is 9.88. The fourth-order valence-electron chi connectivity index (χ4n) is 4.91. The van der Waals surface area contributed by atoms with Crippen molar-refractivity contribution in [3.63, 3.8) is 0 Å². The molecule has 0 aliphatic rings. The molecular weight excluding hydrogens is 593 g/mol. The van der Waals surface area contributed by atoms with E-state index < -0.39 is 65.1 Å². The van der Waals surface area contributed by atoms with Gasteiger partial charge >= 0.3 is 17.8 Å². The standard InChI is InChI=1S/C28H24F5N7O4/c1-3-21(28(31,32)33)36-14-11-16(29)22(17(30)12-14)25(41)37-18(26(42)43)13-15-6-7-20(23-35-9-10-39(15)23)40-24-19(5-4-8-34-24)38(2)27(40)44/h4-12,18,21,36H,3,13H2,1-2H3,(H,37,41)(H,42,43)/t18-,21+/m0/s1. The zero-order valence-electron chi connectivity index (χ0n) is 23.1. The van der Waals surface area contributed by atoms with Crippen molar-refractivity contribution in [2.24, 2.45) is 7.05 Å². The van der Waals surface area contributed by atoms with Crippen LogP contribution in [0, 0.1) is 11.6 Å². The van der Waals surface area contributed by atoms with Gasteiger partial charge in [0.15, 0.2) is 11.3 Å². The molecule has 3 N–H and O–H groups in total. The molecule has 0 aliphatic carbocycles. The molecule has 4 aromatic heterocycles. The number of carboxylic acids is 1. The third kappa shape index (κ3) is 5.45. The lowest BCUT2D eigenvalue weighted by Crippen LogP contribution is -2.43. The fourth-order valence-corrected chi connectivity index (χ4v) is 4.91. The SMILES string of the molecule is CC[C@@H](Nc1cc(F)c(C(=O)N[C@@H](Cc2ccc(-n3c(=O)n(C)c4cccnc43)c3nccn23)C(=O)O)c(F)c1)C(F)(F)F. The first-order valence-corrected chi connectivity index (χ1v) is 13.2. The van der Waals surface area contributed by atoms with Gasteiger partial charge in [0.05, 0.1) is 11.2 Å². The Morgan fingerprint density at radius 2 is 1.73 bits per heavy atom. The topological polar surface area (TPSA) is 136 Å². The van der Waals surface area contributed by atoms with E-state index >= 15 is 0 Å². The molecule has 1 amide bonds. The van der Waals surface area contributed by atoms with Gasteiger partial charge in [0.25, 0.3) is 5.91 Å². The van der Waals surface area contributed by atoms with Crippen molar-refractivity contribution < 1.29 is 36.6 Å². The number of carbonyl (C=O) groups is 2. The molecule has 16 heteroatoms. The second-order valence-corrected chi connectivity index (χ2v) is 9.88. The van der Waals surface area contributed by atoms with Gasteiger partial charge < -0.3 is 20.1 Å². The van der Waals surface area contributed by atoms with Gasteiger partial charge in [-0.25, -0.2) is 32.9 Å². The Hall–Kier alpha value is -5.28. The molecule has 0 saturated carbocycles. The number of anilines is 1. The molecule has 0 radical (unpaired) electrons. The van der Waals surface area contributed by atoms with Crippen molar-refractivity contribution in [3.05, 3.63) is 88.4 Å². The summed E-state index contributed by atoms with van der Waals surface area (Å²) in [6.07, 6.45) is -1.03. The van der Waals surface area contributed by atoms with E-state index in [2.05, 4.69) is 15.3 Å². The van der Waals surface area contributed by atoms with Crippen LogP contribution in [0.3, 0.4) is 0 Å². The average molecular weight is 618 g/mol. The van der Waals surface area contributed by atoms with Crippen molar-refractivity contribution in [1.82, 2.24) is 28.8 Å². The highest BCUT2D eigenvalue weighted by Crippen LogP contribution is 2.28. The number of nitrogens with one attached hydrogen (secondary N) is 2. The molecule has 5 rings (SSSR count). The lowest BCUT2D eigenvalue weighted by molar-refractivity contribution is -0.143. The average Bonchev–Trinajstić information content (AvgIpc) is 3.54. The Morgan fingerprint density at radius 1 is 1.05 bits per heavy atom. The Labute approximate surface area is 244 Å². The van der Waals surface area contributed by atoms with E-state index in [1.807, 2.05) is 5.32 Å². The van der Waals surface area contributed by atoms with Crippen LogP contribution in [-0.4, -0.2) is 58.7 Å². The summed E-state index contributed by atoms with van der Waals surface area (Å²) in [6, 6.07) is 3.72. The molecule has 11 nitrogen and oxygen atoms in total. The highest BCUT2D eigenvalue weighted by molar-refractivity contribution is 5.97. The van der Waals surface area contributed by atoms with Crippen molar-refractivity contribution in [3.8, 4) is 5.69 Å². The van der Waals surface area contributed by atoms with Gasteiger partial charge in [-0.2, -0.15) is 13.2 Å². The number of pyridine rings is 2. The molecule has 0 bridgehead atoms. The molecule has 44 heavy (non-hydrogen) atoms. The number of fused-ring (bicyclic) bond motifs is 2. The van der Waals surface area contributed by atoms with E-state index in [1.54, 1.807) is 19.2 Å². The second kappa shape index (κ2) is 11.4. The molecule has 230 valence electrons. The summed E-state index contributed by atoms with van der Waals surface area (Å²) in [5.74, 6) is -5.92. The molecule has 0 unspecified atom stereocenters. The van der Waals surface area contributed by atoms with E-state index in [1.165, 1.54) is 51.2 Å². The van der Waals surface area contributed by atoms with Gasteiger partial charge in [-0.05, 0) is 42.8 Å². The number of imidazole rings is 2. The minimum atomic E-state index is -4.69. The minimum Gasteiger partial charge on any atom is -0.480 e. The molecule has 0 saturated heterocycles. The summed E-state index contributed by atoms with van der Waals surface area (Å²) in [5, 5.41) is 13.9. The zero-order valence-corrected chi connectivity index (χ0v) is 23.1. The van der Waals surface area contributed by atoms with E-state index in [-0.39, 0.29) is 12.1 Å². The van der Waals surface area contributed by atoms with E-state index in [9.17, 15) is 41.4 Å². The molecular formula is C28H24F5N7O4. The number of hydrogen-bond donors (Lipinski definition) is 3. The Balaban J connectivity index is 1.43. The fraction of sp³-hybridized carbons (Fsp3) is 0.250. The quantitative estimate of drug-likeness (QED) is 0.214. The van der Waals surface area contributed by atoms with E-state index in [4.69, 9.17) is 0 Å². The summed E-state index contributed by atoms with van der Waals surface area (Å²) in [7, 11) is 1.58. The number of hydrogen-bond acceptors (Lipinski definition) is 6. The van der Waals surface area contributed by atoms with Gasteiger partial charge in [-0.1, -0.05) is 6.92 Å². The van der Waals surface area contributed by atoms with Crippen molar-refractivity contribution in [2.75, 3.05) is 5.32 Å². The van der Waals surface area contributed by atoms with E-state index in [0.29, 0.717) is 34.7 Å². The smallest absolute Gasteiger partial charge is 0.408 e. The first-order chi connectivity index (χ1) is 20.8. The number of benzene rings is 1. The van der Waals surface area contributed by atoms with E-state index in [0.717, 1.165) is 0 Å². The summed E-state index contributed by atoms with van der Waals surface area (Å²) in [4.78, 5) is 46.6. The van der Waals surface area contributed by atoms with Gasteiger partial charge in [-0.3, -0.25) is 9.36 Å². The molecule has 0 fully saturated rings. The third-order valence-corrected chi connectivity index (χ3v) is 7.10. The van der Waals surface area contributed by atoms with Crippen LogP contribution >= 0.6 is 0 Å². The number of halogens is 5. The molecule has 0 aliphatic heterocycles. The van der Waals surface area contributed by atoms with Crippen LogP contribution in [0.15, 0.2) is 59.8 Å². The van der Waals surface area contributed by atoms with Gasteiger partial charge in [0, 0.05) is 43.4 Å². The number of alkyl halides is 3. The monoisotopic (exact) mass is 617 g/mol. The highest BCUT2D eigenvalue weighted by atomic mass is 19.4. The number of carbonyl (C=O) groups excluding carboxylic acids is 1. The van der Waals surface area contributed by atoms with Crippen molar-refractivity contribution >= 4 is 34.4 Å². The molecule has 4 heterocycles. The van der Waals surface area contributed by atoms with Crippen LogP contribution in [-0.2, 0) is 18.3 Å². The summed E-state index contributed by atoms with van der Waals surface area (Å²) in [6.45, 7) is 1.23. The van der Waals surface area contributed by atoms with Crippen LogP contribution in [0.2, 0.25) is 0 Å². The van der Waals surface area contributed by atoms with Gasteiger partial charge in [-0.15, -0.1) is 0 Å². The van der Waals surface area contributed by atoms with Crippen LogP contribution in [0.1, 0.15) is 29.4 Å². The summed E-state index contributed by atoms with van der Waals surface area (Å²) in [5.41, 5.74) is -0.253. The van der Waals surface area contributed by atoms with Crippen LogP contribution in [0.25, 0.3) is 22.5 Å². The lowest BCUT2D eigenvalue weighted by Gasteiger charge is -2.22. The Kier molecular flexibility index (Phi) is 7.84. The maximum Gasteiger partial charge on any atom is 0.408 e. The minimum absolute atomic E-state index is 0.266. The maximum absolute atomic E-state index is 14.8. The Morgan fingerprint density at radius 3 is 2.36 bits per heavy atom. The van der Waals surface area contributed by atoms with Gasteiger partial charge in [0.1, 0.15) is 29.3 Å². The van der Waals surface area contributed by atoms with Crippen molar-refractivity contribution in [1.29, 1.82) is 0 Å². The number of aliphatic carboxylic acids is 1. The lowest BCUT2D eigenvalue weighted by atomic mass is 10.1. The Bertz CT molecular complexity index is 1940. The number of aryl methyl sites for hydroxylation is 1. The number of carboxylic acid groups (broad SMARTS) is 1. The number of rotatable bonds is 9. The van der Waals surface area contributed by atoms with Gasteiger partial charge in [0.2, 0.25) is 0 Å². The number of amides is 1. The predicted molar refractivity (Wildman–Crippen MR) is 148 cm³/mol. The van der Waals surface area contributed by atoms with Crippen LogP contribution < -0.4 is 16.3 Å². The highest BCUT2D eigenvalue weighted by Gasteiger charge is 2.38. The molecule has 0 spiro atoms. The number of nitrogens with zero attached hydrogens (tertiary/aromatic N) is 5. The first-order valence-electron chi connectivity index (χ1n) is 13.2. The maximum atomic E-state index is 14.8. The third-order valence-electron chi connectivity index (χ3n) is 7.10. The van der Waals surface area contributed by atoms with Crippen LogP contribution in [0.4, 0.5) is 27.6 Å². The van der Waals surface area contributed by atoms with Crippen LogP contribution in [0.5, 0.6) is 0 Å². The molecule has 1 aromatic carbocycles. The number of aromatic nitrogens is 5. The first kappa shape index (κ1) is 30.2. The molecule has 2 atom stereocenters. The largest absolute Gasteiger partial charge is 0.480 e. The zero-order chi connectivity index (χ0) is 31.9. The molecule has 5 aromatic rings. The predicted octanol–water partition coefficient (Wildman–Crippen LogP) is 3.83. The summed E-state index contributed by atoms with van der Waals surface area (Å²) < 4.78 is 73.1. The summed E-state index contributed by atoms with van der Waals surface area (Å²) >= 11 is 0.